The molecular formula is C55H105NO5. The van der Waals surface area contributed by atoms with Crippen molar-refractivity contribution in [3.8, 4) is 0 Å². The molecule has 0 aliphatic heterocycles. The number of nitrogens with one attached hydrogen (secondary N) is 1. The zero-order chi connectivity index (χ0) is 44.4. The molecule has 0 saturated heterocycles. The number of ether oxygens (including phenoxy) is 1. The van der Waals surface area contributed by atoms with Gasteiger partial charge in [-0.3, -0.25) is 9.59 Å². The molecule has 6 nitrogen and oxygen atoms in total. The maximum atomic E-state index is 12.4. The van der Waals surface area contributed by atoms with Gasteiger partial charge in [0.05, 0.1) is 25.4 Å². The minimum atomic E-state index is -0.842. The standard InChI is InChI=1S/C55H105NO5/c1-3-5-7-9-11-13-15-25-29-33-37-41-45-49-55(60)61-50-46-42-38-34-30-27-24-22-20-18-16-17-19-21-23-26-28-32-36-40-44-48-54(59)56-52(51-57)53(58)47-43-39-35-31-14-12-10-8-6-4-2/h13,15,43,47,52-53,57-58H,3-12,14,16-42,44-46,48-51H2,1-2H3,(H,56,59)/b15-13-,47-43+. The van der Waals surface area contributed by atoms with Gasteiger partial charge in [-0.15, -0.1) is 0 Å². The van der Waals surface area contributed by atoms with E-state index >= 15 is 0 Å². The van der Waals surface area contributed by atoms with E-state index in [1.807, 2.05) is 6.08 Å². The zero-order valence-corrected chi connectivity index (χ0v) is 40.9. The van der Waals surface area contributed by atoms with E-state index in [9.17, 15) is 19.8 Å². The number of hydrogen-bond donors (Lipinski definition) is 3. The zero-order valence-electron chi connectivity index (χ0n) is 40.9. The van der Waals surface area contributed by atoms with Crippen LogP contribution < -0.4 is 5.32 Å². The first-order valence-corrected chi connectivity index (χ1v) is 27.1. The maximum Gasteiger partial charge on any atom is 0.305 e. The lowest BCUT2D eigenvalue weighted by atomic mass is 10.0. The number of carbonyl (C=O) groups excluding carboxylic acids is 2. The van der Waals surface area contributed by atoms with Gasteiger partial charge in [0.2, 0.25) is 5.91 Å². The van der Waals surface area contributed by atoms with Crippen molar-refractivity contribution in [1.82, 2.24) is 5.32 Å². The summed E-state index contributed by atoms with van der Waals surface area (Å²) in [6.07, 6.45) is 60.5. The third-order valence-corrected chi connectivity index (χ3v) is 12.5. The lowest BCUT2D eigenvalue weighted by molar-refractivity contribution is -0.143. The van der Waals surface area contributed by atoms with Crippen LogP contribution in [0.4, 0.5) is 0 Å². The van der Waals surface area contributed by atoms with Gasteiger partial charge in [-0.25, -0.2) is 0 Å². The quantitative estimate of drug-likeness (QED) is 0.0322. The Morgan fingerprint density at radius 3 is 1.18 bits per heavy atom. The Bertz CT molecular complexity index is 951. The fourth-order valence-electron chi connectivity index (χ4n) is 8.27. The second-order valence-corrected chi connectivity index (χ2v) is 18.6. The first-order valence-electron chi connectivity index (χ1n) is 27.1. The minimum absolute atomic E-state index is 0.00174. The number of allylic oxidation sites excluding steroid dienone is 3. The van der Waals surface area contributed by atoms with Crippen molar-refractivity contribution in [1.29, 1.82) is 0 Å². The molecule has 6 heteroatoms. The van der Waals surface area contributed by atoms with Crippen LogP contribution in [0.2, 0.25) is 0 Å². The Balaban J connectivity index is 3.38. The topological polar surface area (TPSA) is 95.9 Å². The highest BCUT2D eigenvalue weighted by Crippen LogP contribution is 2.16. The summed E-state index contributed by atoms with van der Waals surface area (Å²) >= 11 is 0. The summed E-state index contributed by atoms with van der Waals surface area (Å²) in [6, 6.07) is -0.626. The number of rotatable bonds is 50. The van der Waals surface area contributed by atoms with Crippen molar-refractivity contribution in [2.45, 2.75) is 302 Å². The molecule has 360 valence electrons. The highest BCUT2D eigenvalue weighted by molar-refractivity contribution is 5.76. The highest BCUT2D eigenvalue weighted by atomic mass is 16.5. The van der Waals surface area contributed by atoms with Crippen molar-refractivity contribution in [3.05, 3.63) is 24.3 Å². The summed E-state index contributed by atoms with van der Waals surface area (Å²) in [6.45, 7) is 4.86. The monoisotopic (exact) mass is 860 g/mol. The average molecular weight is 860 g/mol. The van der Waals surface area contributed by atoms with E-state index in [0.717, 1.165) is 44.9 Å². The third-order valence-electron chi connectivity index (χ3n) is 12.5. The molecule has 0 heterocycles. The van der Waals surface area contributed by atoms with Crippen molar-refractivity contribution < 1.29 is 24.5 Å². The van der Waals surface area contributed by atoms with Crippen molar-refractivity contribution >= 4 is 11.9 Å². The molecule has 0 fully saturated rings. The van der Waals surface area contributed by atoms with E-state index in [1.54, 1.807) is 6.08 Å². The summed E-state index contributed by atoms with van der Waals surface area (Å²) in [7, 11) is 0. The molecule has 0 radical (unpaired) electrons. The molecule has 0 bridgehead atoms. The van der Waals surface area contributed by atoms with Crippen LogP contribution in [0.5, 0.6) is 0 Å². The first-order chi connectivity index (χ1) is 30.0. The van der Waals surface area contributed by atoms with E-state index in [1.165, 1.54) is 218 Å². The molecule has 0 aromatic carbocycles. The Kier molecular flexibility index (Phi) is 49.6. The Morgan fingerprint density at radius 2 is 0.770 bits per heavy atom. The predicted octanol–water partition coefficient (Wildman–Crippen LogP) is 16.3. The number of hydrogen-bond acceptors (Lipinski definition) is 5. The van der Waals surface area contributed by atoms with Gasteiger partial charge in [0, 0.05) is 12.8 Å². The summed E-state index contributed by atoms with van der Waals surface area (Å²) < 4.78 is 5.46. The van der Waals surface area contributed by atoms with Crippen molar-refractivity contribution in [2.24, 2.45) is 0 Å². The van der Waals surface area contributed by atoms with Crippen LogP contribution in [0.15, 0.2) is 24.3 Å². The van der Waals surface area contributed by atoms with E-state index < -0.39 is 12.1 Å². The van der Waals surface area contributed by atoms with Crippen molar-refractivity contribution in [3.63, 3.8) is 0 Å². The van der Waals surface area contributed by atoms with Crippen LogP contribution in [-0.2, 0) is 14.3 Å². The normalized spacial score (nSPS) is 12.8. The molecule has 0 aliphatic rings. The van der Waals surface area contributed by atoms with Crippen LogP contribution in [0, 0.1) is 0 Å². The highest BCUT2D eigenvalue weighted by Gasteiger charge is 2.18. The molecule has 0 spiro atoms. The van der Waals surface area contributed by atoms with Gasteiger partial charge in [0.1, 0.15) is 0 Å². The molecule has 0 rings (SSSR count). The fraction of sp³-hybridized carbons (Fsp3) is 0.891. The lowest BCUT2D eigenvalue weighted by Crippen LogP contribution is -2.45. The summed E-state index contributed by atoms with van der Waals surface area (Å²) in [4.78, 5) is 24.4. The Hall–Kier alpha value is -1.66. The largest absolute Gasteiger partial charge is 0.466 e. The lowest BCUT2D eigenvalue weighted by Gasteiger charge is -2.20. The molecule has 0 aliphatic carbocycles. The fourth-order valence-corrected chi connectivity index (χ4v) is 8.27. The molecule has 3 N–H and O–H groups in total. The van der Waals surface area contributed by atoms with Crippen LogP contribution >= 0.6 is 0 Å². The SMILES string of the molecule is CCCCCC/C=C\CCCCCCCC(=O)OCCCCCCCCCCCCCCCCCCCCCCCC(=O)NC(CO)C(O)/C=C/CCCCCCCCCC. The summed E-state index contributed by atoms with van der Waals surface area (Å²) in [5.41, 5.74) is 0. The molecule has 61 heavy (non-hydrogen) atoms. The van der Waals surface area contributed by atoms with Gasteiger partial charge in [-0.2, -0.15) is 0 Å². The minimum Gasteiger partial charge on any atom is -0.466 e. The number of esters is 1. The second-order valence-electron chi connectivity index (χ2n) is 18.6. The molecule has 2 unspecified atom stereocenters. The number of aliphatic hydroxyl groups excluding tert-OH is 2. The molecule has 0 saturated carbocycles. The second kappa shape index (κ2) is 51.0. The number of unbranched alkanes of at least 4 members (excludes halogenated alkanes) is 37. The van der Waals surface area contributed by atoms with Crippen LogP contribution in [0.25, 0.3) is 0 Å². The molecule has 2 atom stereocenters. The van der Waals surface area contributed by atoms with Gasteiger partial charge in [-0.05, 0) is 57.8 Å². The first kappa shape index (κ1) is 59.3. The van der Waals surface area contributed by atoms with Gasteiger partial charge in [0.15, 0.2) is 0 Å². The molecule has 0 aromatic rings. The number of aliphatic hydroxyl groups is 2. The predicted molar refractivity (Wildman–Crippen MR) is 264 cm³/mol. The smallest absolute Gasteiger partial charge is 0.305 e. The summed E-state index contributed by atoms with van der Waals surface area (Å²) in [5.74, 6) is -0.0691. The summed E-state index contributed by atoms with van der Waals surface area (Å²) in [5, 5.41) is 23.0. The van der Waals surface area contributed by atoms with E-state index in [-0.39, 0.29) is 18.5 Å². The van der Waals surface area contributed by atoms with Crippen LogP contribution in [0.1, 0.15) is 290 Å². The average Bonchev–Trinajstić information content (AvgIpc) is 3.26. The number of carbonyl (C=O) groups is 2. The Labute approximate surface area is 380 Å². The molecule has 1 amide bonds. The van der Waals surface area contributed by atoms with E-state index in [4.69, 9.17) is 4.74 Å². The molecular weight excluding hydrogens is 755 g/mol. The third kappa shape index (κ3) is 47.7. The van der Waals surface area contributed by atoms with Gasteiger partial charge in [0.25, 0.3) is 0 Å². The Morgan fingerprint density at radius 1 is 0.443 bits per heavy atom. The van der Waals surface area contributed by atoms with Crippen LogP contribution in [0.3, 0.4) is 0 Å². The maximum absolute atomic E-state index is 12.4. The molecule has 0 aromatic heterocycles. The number of amides is 1. The van der Waals surface area contributed by atoms with Crippen LogP contribution in [-0.4, -0.2) is 47.4 Å². The van der Waals surface area contributed by atoms with Gasteiger partial charge in [-0.1, -0.05) is 244 Å². The van der Waals surface area contributed by atoms with Gasteiger partial charge < -0.3 is 20.3 Å². The van der Waals surface area contributed by atoms with Gasteiger partial charge >= 0.3 is 5.97 Å². The van der Waals surface area contributed by atoms with Crippen molar-refractivity contribution in [2.75, 3.05) is 13.2 Å². The van der Waals surface area contributed by atoms with E-state index in [2.05, 4.69) is 31.3 Å². The van der Waals surface area contributed by atoms with E-state index in [0.29, 0.717) is 19.4 Å².